The molecule has 0 bridgehead atoms. The lowest BCUT2D eigenvalue weighted by atomic mass is 9.88. The number of rotatable bonds is 8. The molecule has 3 N–H and O–H groups in total. The molecule has 1 unspecified atom stereocenters. The van der Waals surface area contributed by atoms with Crippen LogP contribution in [0.2, 0.25) is 0 Å². The summed E-state index contributed by atoms with van der Waals surface area (Å²) in [6, 6.07) is 0. The minimum absolute atomic E-state index is 0.0723. The van der Waals surface area contributed by atoms with Crippen molar-refractivity contribution in [3.63, 3.8) is 0 Å². The van der Waals surface area contributed by atoms with Gasteiger partial charge in [0, 0.05) is 18.6 Å². The molecular weight excluding hydrogens is 208 g/mol. The lowest BCUT2D eigenvalue weighted by molar-refractivity contribution is -0.00892. The number of nitrogens with two attached hydrogens (primary N) is 1. The summed E-state index contributed by atoms with van der Waals surface area (Å²) in [5.41, 5.74) is 5.22. The molecule has 96 valence electrons. The maximum atomic E-state index is 8.60. The van der Waals surface area contributed by atoms with Crippen LogP contribution in [0, 0.1) is 5.41 Å². The van der Waals surface area contributed by atoms with E-state index in [0.717, 1.165) is 0 Å². The van der Waals surface area contributed by atoms with Gasteiger partial charge in [0.1, 0.15) is 5.84 Å². The first-order valence-electron chi connectivity index (χ1n) is 5.61. The summed E-state index contributed by atoms with van der Waals surface area (Å²) in [4.78, 5) is 0. The van der Waals surface area contributed by atoms with Gasteiger partial charge in [0.2, 0.25) is 0 Å². The number of oxime groups is 1. The van der Waals surface area contributed by atoms with Crippen molar-refractivity contribution in [1.82, 2.24) is 0 Å². The van der Waals surface area contributed by atoms with Crippen molar-refractivity contribution in [3.05, 3.63) is 0 Å². The van der Waals surface area contributed by atoms with Crippen LogP contribution in [0.1, 0.15) is 34.1 Å². The van der Waals surface area contributed by atoms with Gasteiger partial charge in [0.25, 0.3) is 0 Å². The van der Waals surface area contributed by atoms with Gasteiger partial charge in [-0.3, -0.25) is 0 Å². The molecule has 0 aromatic heterocycles. The fraction of sp³-hybridized carbons (Fsp3) is 0.909. The summed E-state index contributed by atoms with van der Waals surface area (Å²) in [6.07, 6.45) is 0.780. The normalized spacial score (nSPS) is 15.1. The van der Waals surface area contributed by atoms with E-state index in [1.807, 2.05) is 27.7 Å². The largest absolute Gasteiger partial charge is 0.409 e. The van der Waals surface area contributed by atoms with Crippen molar-refractivity contribution < 1.29 is 14.7 Å². The molecule has 0 fully saturated rings. The minimum atomic E-state index is -0.347. The van der Waals surface area contributed by atoms with E-state index in [1.165, 1.54) is 0 Å². The Balaban J connectivity index is 3.80. The molecule has 0 spiro atoms. The molecule has 1 atom stereocenters. The molecule has 16 heavy (non-hydrogen) atoms. The number of nitrogens with zero attached hydrogens (tertiary/aromatic N) is 1. The summed E-state index contributed by atoms with van der Waals surface area (Å²) in [6.45, 7) is 9.61. The first-order chi connectivity index (χ1) is 7.44. The van der Waals surface area contributed by atoms with Crippen LogP contribution < -0.4 is 5.73 Å². The molecule has 0 radical (unpaired) electrons. The molecule has 0 amide bonds. The molecule has 0 aliphatic carbocycles. The van der Waals surface area contributed by atoms with Crippen molar-refractivity contribution in [2.24, 2.45) is 16.3 Å². The first kappa shape index (κ1) is 15.2. The quantitative estimate of drug-likeness (QED) is 0.288. The highest BCUT2D eigenvalue weighted by molar-refractivity contribution is 5.85. The van der Waals surface area contributed by atoms with Gasteiger partial charge >= 0.3 is 0 Å². The summed E-state index contributed by atoms with van der Waals surface area (Å²) in [7, 11) is 0. The molecule has 0 saturated carbocycles. The van der Waals surface area contributed by atoms with Gasteiger partial charge in [-0.25, -0.2) is 0 Å². The van der Waals surface area contributed by atoms with Crippen LogP contribution in [-0.2, 0) is 9.47 Å². The van der Waals surface area contributed by atoms with Crippen molar-refractivity contribution in [3.8, 4) is 0 Å². The zero-order chi connectivity index (χ0) is 12.6. The zero-order valence-corrected chi connectivity index (χ0v) is 10.7. The lowest BCUT2D eigenvalue weighted by Crippen LogP contribution is -2.33. The van der Waals surface area contributed by atoms with E-state index >= 15 is 0 Å². The number of hydrogen-bond acceptors (Lipinski definition) is 4. The van der Waals surface area contributed by atoms with Crippen molar-refractivity contribution in [1.29, 1.82) is 0 Å². The van der Waals surface area contributed by atoms with E-state index in [0.29, 0.717) is 26.2 Å². The van der Waals surface area contributed by atoms with Crippen LogP contribution >= 0.6 is 0 Å². The van der Waals surface area contributed by atoms with E-state index < -0.39 is 0 Å². The predicted molar refractivity (Wildman–Crippen MR) is 63.7 cm³/mol. The summed E-state index contributed by atoms with van der Waals surface area (Å²) in [5.74, 6) is 0.230. The standard InChI is InChI=1S/C11H24N2O3/c1-5-15-8-9(2)16-7-6-11(3,4)10(12)13-14/h9,14H,5-8H2,1-4H3,(H2,12,13). The average Bonchev–Trinajstić information content (AvgIpc) is 2.24. The predicted octanol–water partition coefficient (Wildman–Crippen LogP) is 1.59. The average molecular weight is 232 g/mol. The third kappa shape index (κ3) is 5.92. The molecule has 0 aromatic rings. The Kier molecular flexibility index (Phi) is 7.08. The zero-order valence-electron chi connectivity index (χ0n) is 10.7. The van der Waals surface area contributed by atoms with E-state index in [2.05, 4.69) is 5.16 Å². The Labute approximate surface area is 97.6 Å². The molecule has 0 heterocycles. The Morgan fingerprint density at radius 2 is 2.12 bits per heavy atom. The number of amidine groups is 1. The van der Waals surface area contributed by atoms with E-state index in [9.17, 15) is 0 Å². The molecule has 5 heteroatoms. The van der Waals surface area contributed by atoms with Crippen LogP contribution in [0.5, 0.6) is 0 Å². The van der Waals surface area contributed by atoms with Gasteiger partial charge in [-0.05, 0) is 20.3 Å². The Morgan fingerprint density at radius 1 is 1.50 bits per heavy atom. The fourth-order valence-corrected chi connectivity index (χ4v) is 1.11. The fourth-order valence-electron chi connectivity index (χ4n) is 1.11. The maximum absolute atomic E-state index is 8.60. The van der Waals surface area contributed by atoms with Gasteiger partial charge in [-0.15, -0.1) is 0 Å². The van der Waals surface area contributed by atoms with Crippen LogP contribution in [0.25, 0.3) is 0 Å². The highest BCUT2D eigenvalue weighted by Gasteiger charge is 2.23. The van der Waals surface area contributed by atoms with Gasteiger partial charge in [-0.2, -0.15) is 0 Å². The second-order valence-electron chi connectivity index (χ2n) is 4.46. The maximum Gasteiger partial charge on any atom is 0.144 e. The van der Waals surface area contributed by atoms with Crippen molar-refractivity contribution in [2.75, 3.05) is 19.8 Å². The van der Waals surface area contributed by atoms with Crippen molar-refractivity contribution >= 4 is 5.84 Å². The summed E-state index contributed by atoms with van der Waals surface area (Å²) >= 11 is 0. The third-order valence-electron chi connectivity index (χ3n) is 2.49. The molecule has 0 saturated heterocycles. The first-order valence-corrected chi connectivity index (χ1v) is 5.61. The molecule has 0 aliphatic rings. The van der Waals surface area contributed by atoms with Crippen LogP contribution in [0.4, 0.5) is 0 Å². The van der Waals surface area contributed by atoms with Gasteiger partial charge < -0.3 is 20.4 Å². The Morgan fingerprint density at radius 3 is 2.62 bits per heavy atom. The SMILES string of the molecule is CCOCC(C)OCCC(C)(C)C(N)=NO. The Hall–Kier alpha value is -0.810. The van der Waals surface area contributed by atoms with Gasteiger partial charge in [-0.1, -0.05) is 19.0 Å². The van der Waals surface area contributed by atoms with Gasteiger partial charge in [0.05, 0.1) is 12.7 Å². The number of hydrogen-bond donors (Lipinski definition) is 2. The second kappa shape index (κ2) is 7.46. The van der Waals surface area contributed by atoms with E-state index in [-0.39, 0.29) is 17.4 Å². The Bertz CT molecular complexity index is 217. The molecule has 5 nitrogen and oxygen atoms in total. The molecule has 0 aromatic carbocycles. The van der Waals surface area contributed by atoms with Crippen LogP contribution in [0.3, 0.4) is 0 Å². The smallest absolute Gasteiger partial charge is 0.144 e. The van der Waals surface area contributed by atoms with Crippen LogP contribution in [-0.4, -0.2) is 37.0 Å². The lowest BCUT2D eigenvalue weighted by Gasteiger charge is -2.23. The highest BCUT2D eigenvalue weighted by Crippen LogP contribution is 2.20. The second-order valence-corrected chi connectivity index (χ2v) is 4.46. The molecule has 0 rings (SSSR count). The van der Waals surface area contributed by atoms with E-state index in [1.54, 1.807) is 0 Å². The van der Waals surface area contributed by atoms with E-state index in [4.69, 9.17) is 20.4 Å². The highest BCUT2D eigenvalue weighted by atomic mass is 16.5. The number of ether oxygens (including phenoxy) is 2. The van der Waals surface area contributed by atoms with Gasteiger partial charge in [0.15, 0.2) is 0 Å². The summed E-state index contributed by atoms with van der Waals surface area (Å²) in [5, 5.41) is 11.6. The van der Waals surface area contributed by atoms with Crippen molar-refractivity contribution in [2.45, 2.75) is 40.2 Å². The molecule has 0 aliphatic heterocycles. The topological polar surface area (TPSA) is 77.1 Å². The summed E-state index contributed by atoms with van der Waals surface area (Å²) < 4.78 is 10.8. The third-order valence-corrected chi connectivity index (χ3v) is 2.49. The minimum Gasteiger partial charge on any atom is -0.409 e. The monoisotopic (exact) mass is 232 g/mol. The van der Waals surface area contributed by atoms with Crippen LogP contribution in [0.15, 0.2) is 5.16 Å². The molecular formula is C11H24N2O3.